The second kappa shape index (κ2) is 3.03. The molecule has 4 heteroatoms. The molecule has 12 heavy (non-hydrogen) atoms. The first-order valence-electron chi connectivity index (χ1n) is 3.52. The van der Waals surface area contributed by atoms with Gasteiger partial charge < -0.3 is 9.40 Å². The summed E-state index contributed by atoms with van der Waals surface area (Å²) in [4.78, 5) is 7.19. The SMILES string of the molecule is ClCc1cnc(-c2ccoc2)[nH]1. The molecule has 0 spiro atoms. The van der Waals surface area contributed by atoms with Gasteiger partial charge in [0.2, 0.25) is 0 Å². The summed E-state index contributed by atoms with van der Waals surface area (Å²) in [6.07, 6.45) is 4.96. The van der Waals surface area contributed by atoms with Crippen molar-refractivity contribution in [1.29, 1.82) is 0 Å². The number of furan rings is 1. The van der Waals surface area contributed by atoms with E-state index >= 15 is 0 Å². The first-order valence-corrected chi connectivity index (χ1v) is 4.06. The number of aromatic amines is 1. The molecule has 0 radical (unpaired) electrons. The zero-order valence-corrected chi connectivity index (χ0v) is 7.01. The highest BCUT2D eigenvalue weighted by Gasteiger charge is 2.02. The van der Waals surface area contributed by atoms with E-state index in [1.54, 1.807) is 18.7 Å². The third kappa shape index (κ3) is 1.23. The Morgan fingerprint density at radius 3 is 3.08 bits per heavy atom. The predicted molar refractivity (Wildman–Crippen MR) is 45.8 cm³/mol. The molecule has 2 aromatic rings. The zero-order valence-electron chi connectivity index (χ0n) is 6.25. The number of alkyl halides is 1. The summed E-state index contributed by atoms with van der Waals surface area (Å²) in [5.74, 6) is 1.24. The second-order valence-electron chi connectivity index (χ2n) is 2.40. The van der Waals surface area contributed by atoms with Crippen molar-refractivity contribution in [3.05, 3.63) is 30.5 Å². The maximum atomic E-state index is 5.61. The summed E-state index contributed by atoms with van der Waals surface area (Å²) in [5, 5.41) is 0. The molecule has 0 unspecified atom stereocenters. The van der Waals surface area contributed by atoms with E-state index in [4.69, 9.17) is 16.0 Å². The first-order chi connectivity index (χ1) is 5.90. The van der Waals surface area contributed by atoms with Crippen LogP contribution in [-0.2, 0) is 5.88 Å². The summed E-state index contributed by atoms with van der Waals surface area (Å²) < 4.78 is 4.92. The third-order valence-electron chi connectivity index (χ3n) is 1.57. The van der Waals surface area contributed by atoms with Crippen molar-refractivity contribution in [2.45, 2.75) is 5.88 Å². The number of halogens is 1. The molecule has 2 aromatic heterocycles. The summed E-state index contributed by atoms with van der Waals surface area (Å²) >= 11 is 5.61. The Labute approximate surface area is 74.4 Å². The van der Waals surface area contributed by atoms with Gasteiger partial charge in [-0.25, -0.2) is 4.98 Å². The van der Waals surface area contributed by atoms with E-state index in [-0.39, 0.29) is 0 Å². The van der Waals surface area contributed by atoms with Crippen LogP contribution in [0.4, 0.5) is 0 Å². The Morgan fingerprint density at radius 1 is 1.58 bits per heavy atom. The highest BCUT2D eigenvalue weighted by Crippen LogP contribution is 2.15. The number of hydrogen-bond acceptors (Lipinski definition) is 2. The number of H-pyrrole nitrogens is 1. The molecule has 0 atom stereocenters. The molecule has 0 aliphatic carbocycles. The minimum absolute atomic E-state index is 0.449. The lowest BCUT2D eigenvalue weighted by Gasteiger charge is -1.87. The first kappa shape index (κ1) is 7.43. The van der Waals surface area contributed by atoms with Crippen molar-refractivity contribution in [2.24, 2.45) is 0 Å². The van der Waals surface area contributed by atoms with Gasteiger partial charge in [-0.15, -0.1) is 11.6 Å². The monoisotopic (exact) mass is 182 g/mol. The Bertz CT molecular complexity index is 353. The van der Waals surface area contributed by atoms with Crippen LogP contribution in [0.5, 0.6) is 0 Å². The van der Waals surface area contributed by atoms with Crippen LogP contribution in [0.25, 0.3) is 11.4 Å². The molecule has 0 bridgehead atoms. The third-order valence-corrected chi connectivity index (χ3v) is 1.85. The zero-order chi connectivity index (χ0) is 8.39. The minimum atomic E-state index is 0.449. The van der Waals surface area contributed by atoms with E-state index in [1.807, 2.05) is 6.07 Å². The topological polar surface area (TPSA) is 41.8 Å². The fraction of sp³-hybridized carbons (Fsp3) is 0.125. The molecule has 0 amide bonds. The maximum absolute atomic E-state index is 5.61. The van der Waals surface area contributed by atoms with Crippen LogP contribution in [0.15, 0.2) is 29.2 Å². The number of imidazole rings is 1. The van der Waals surface area contributed by atoms with E-state index in [1.165, 1.54) is 0 Å². The van der Waals surface area contributed by atoms with E-state index in [0.29, 0.717) is 5.88 Å². The summed E-state index contributed by atoms with van der Waals surface area (Å²) in [6.45, 7) is 0. The van der Waals surface area contributed by atoms with Gasteiger partial charge in [0.25, 0.3) is 0 Å². The average molecular weight is 183 g/mol. The van der Waals surface area contributed by atoms with E-state index in [0.717, 1.165) is 17.1 Å². The predicted octanol–water partition coefficient (Wildman–Crippen LogP) is 2.41. The van der Waals surface area contributed by atoms with E-state index in [2.05, 4.69) is 9.97 Å². The molecule has 62 valence electrons. The Morgan fingerprint density at radius 2 is 2.50 bits per heavy atom. The number of nitrogens with zero attached hydrogens (tertiary/aromatic N) is 1. The summed E-state index contributed by atoms with van der Waals surface area (Å²) in [6, 6.07) is 1.84. The van der Waals surface area contributed by atoms with Crippen LogP contribution in [0.3, 0.4) is 0 Å². The quantitative estimate of drug-likeness (QED) is 0.725. The number of rotatable bonds is 2. The van der Waals surface area contributed by atoms with Crippen LogP contribution in [-0.4, -0.2) is 9.97 Å². The van der Waals surface area contributed by atoms with Gasteiger partial charge in [-0.2, -0.15) is 0 Å². The van der Waals surface area contributed by atoms with Crippen molar-refractivity contribution < 1.29 is 4.42 Å². The molecule has 1 N–H and O–H groups in total. The molecule has 0 saturated carbocycles. The van der Waals surface area contributed by atoms with Crippen LogP contribution >= 0.6 is 11.6 Å². The van der Waals surface area contributed by atoms with Crippen LogP contribution in [0.1, 0.15) is 5.69 Å². The smallest absolute Gasteiger partial charge is 0.140 e. The number of aromatic nitrogens is 2. The molecule has 0 aliphatic rings. The van der Waals surface area contributed by atoms with Crippen molar-refractivity contribution in [2.75, 3.05) is 0 Å². The van der Waals surface area contributed by atoms with Gasteiger partial charge in [-0.05, 0) is 6.07 Å². The molecule has 2 heterocycles. The van der Waals surface area contributed by atoms with Gasteiger partial charge >= 0.3 is 0 Å². The highest BCUT2D eigenvalue weighted by atomic mass is 35.5. The van der Waals surface area contributed by atoms with E-state index in [9.17, 15) is 0 Å². The molecule has 3 nitrogen and oxygen atoms in total. The molecule has 2 rings (SSSR count). The van der Waals surface area contributed by atoms with Crippen molar-refractivity contribution in [3.63, 3.8) is 0 Å². The standard InChI is InChI=1S/C8H7ClN2O/c9-3-7-4-10-8(11-7)6-1-2-12-5-6/h1-2,4-5H,3H2,(H,10,11). The fourth-order valence-corrected chi connectivity index (χ4v) is 1.11. The normalized spacial score (nSPS) is 10.4. The van der Waals surface area contributed by atoms with Gasteiger partial charge in [0.05, 0.1) is 17.7 Å². The highest BCUT2D eigenvalue weighted by molar-refractivity contribution is 6.16. The summed E-state index contributed by atoms with van der Waals surface area (Å²) in [7, 11) is 0. The lowest BCUT2D eigenvalue weighted by molar-refractivity contribution is 0.568. The van der Waals surface area contributed by atoms with Gasteiger partial charge in [0.1, 0.15) is 12.1 Å². The van der Waals surface area contributed by atoms with Crippen molar-refractivity contribution >= 4 is 11.6 Å². The van der Waals surface area contributed by atoms with Crippen molar-refractivity contribution in [1.82, 2.24) is 9.97 Å². The van der Waals surface area contributed by atoms with Crippen LogP contribution in [0.2, 0.25) is 0 Å². The lowest BCUT2D eigenvalue weighted by atomic mass is 10.3. The molecule has 0 aromatic carbocycles. The molecular formula is C8H7ClN2O. The maximum Gasteiger partial charge on any atom is 0.140 e. The van der Waals surface area contributed by atoms with Gasteiger partial charge in [-0.3, -0.25) is 0 Å². The Kier molecular flexibility index (Phi) is 1.87. The Balaban J connectivity index is 2.35. The van der Waals surface area contributed by atoms with Gasteiger partial charge in [-0.1, -0.05) is 0 Å². The van der Waals surface area contributed by atoms with Gasteiger partial charge in [0.15, 0.2) is 0 Å². The van der Waals surface area contributed by atoms with Crippen LogP contribution in [0, 0.1) is 0 Å². The molecule has 0 saturated heterocycles. The molecule has 0 fully saturated rings. The summed E-state index contributed by atoms with van der Waals surface area (Å²) in [5.41, 5.74) is 1.85. The van der Waals surface area contributed by atoms with Crippen LogP contribution < -0.4 is 0 Å². The molecule has 0 aliphatic heterocycles. The van der Waals surface area contributed by atoms with E-state index < -0.39 is 0 Å². The molecular weight excluding hydrogens is 176 g/mol. The number of nitrogens with one attached hydrogen (secondary N) is 1. The fourth-order valence-electron chi connectivity index (χ4n) is 0.973. The Hall–Kier alpha value is -1.22. The lowest BCUT2D eigenvalue weighted by Crippen LogP contribution is -1.77. The average Bonchev–Trinajstić information content (AvgIpc) is 2.75. The van der Waals surface area contributed by atoms with Crippen molar-refractivity contribution in [3.8, 4) is 11.4 Å². The number of hydrogen-bond donors (Lipinski definition) is 1. The van der Waals surface area contributed by atoms with Gasteiger partial charge in [0, 0.05) is 11.9 Å². The second-order valence-corrected chi connectivity index (χ2v) is 2.67. The largest absolute Gasteiger partial charge is 0.472 e. The minimum Gasteiger partial charge on any atom is -0.472 e.